The highest BCUT2D eigenvalue weighted by molar-refractivity contribution is 7.13. The van der Waals surface area contributed by atoms with Crippen LogP contribution in [0.4, 0.5) is 0 Å². The lowest BCUT2D eigenvalue weighted by molar-refractivity contribution is 0.152. The summed E-state index contributed by atoms with van der Waals surface area (Å²) in [6.07, 6.45) is 2.22. The fraction of sp³-hybridized carbons (Fsp3) is 0.500. The van der Waals surface area contributed by atoms with Gasteiger partial charge in [0.25, 0.3) is 0 Å². The Morgan fingerprint density at radius 3 is 3.00 bits per heavy atom. The van der Waals surface area contributed by atoms with Crippen molar-refractivity contribution in [3.63, 3.8) is 0 Å². The maximum Gasteiger partial charge on any atom is 0.161 e. The van der Waals surface area contributed by atoms with E-state index in [1.807, 2.05) is 25.1 Å². The molecule has 0 bridgehead atoms. The van der Waals surface area contributed by atoms with Gasteiger partial charge in [0.05, 0.1) is 26.0 Å². The molecule has 1 atom stereocenters. The SMILES string of the molecule is CCOc1ccc(-c2nc(CN3CCCC3CO)cs2)cc1OC. The number of aromatic nitrogens is 1. The second-order valence-electron chi connectivity index (χ2n) is 5.89. The minimum absolute atomic E-state index is 0.229. The number of ether oxygens (including phenoxy) is 2. The average Bonchev–Trinajstić information content (AvgIpc) is 3.25. The number of nitrogens with zero attached hydrogens (tertiary/aromatic N) is 2. The molecule has 130 valence electrons. The van der Waals surface area contributed by atoms with Crippen LogP contribution in [0, 0.1) is 0 Å². The third kappa shape index (κ3) is 3.71. The molecule has 0 radical (unpaired) electrons. The zero-order chi connectivity index (χ0) is 16.9. The molecular formula is C18H24N2O3S. The van der Waals surface area contributed by atoms with E-state index in [1.54, 1.807) is 18.4 Å². The maximum atomic E-state index is 9.44. The lowest BCUT2D eigenvalue weighted by atomic mass is 10.2. The fourth-order valence-electron chi connectivity index (χ4n) is 3.11. The standard InChI is InChI=1S/C18H24N2O3S/c1-3-23-16-7-6-13(9-17(16)22-2)18-19-14(12-24-18)10-20-8-4-5-15(20)11-21/h6-7,9,12,15,21H,3-5,8,10-11H2,1-2H3. The second-order valence-corrected chi connectivity index (χ2v) is 6.75. The average molecular weight is 348 g/mol. The normalized spacial score (nSPS) is 18.0. The Balaban J connectivity index is 1.75. The molecule has 1 fully saturated rings. The largest absolute Gasteiger partial charge is 0.493 e. The van der Waals surface area contributed by atoms with Crippen LogP contribution in [0.2, 0.25) is 0 Å². The quantitative estimate of drug-likeness (QED) is 0.833. The number of hydrogen-bond acceptors (Lipinski definition) is 6. The van der Waals surface area contributed by atoms with Crippen LogP contribution in [0.3, 0.4) is 0 Å². The third-order valence-electron chi connectivity index (χ3n) is 4.34. The molecule has 1 aromatic heterocycles. The first-order valence-electron chi connectivity index (χ1n) is 8.35. The van der Waals surface area contributed by atoms with Crippen molar-refractivity contribution in [2.45, 2.75) is 32.4 Å². The minimum Gasteiger partial charge on any atom is -0.493 e. The third-order valence-corrected chi connectivity index (χ3v) is 5.28. The van der Waals surface area contributed by atoms with Crippen molar-refractivity contribution in [3.05, 3.63) is 29.3 Å². The predicted molar refractivity (Wildman–Crippen MR) is 95.8 cm³/mol. The monoisotopic (exact) mass is 348 g/mol. The molecule has 24 heavy (non-hydrogen) atoms. The van der Waals surface area contributed by atoms with E-state index in [9.17, 15) is 5.11 Å². The van der Waals surface area contributed by atoms with E-state index in [0.717, 1.165) is 53.7 Å². The first kappa shape index (κ1) is 17.2. The molecule has 2 aromatic rings. The Bertz CT molecular complexity index is 674. The van der Waals surface area contributed by atoms with Crippen LogP contribution in [0.1, 0.15) is 25.5 Å². The van der Waals surface area contributed by atoms with Gasteiger partial charge in [-0.2, -0.15) is 0 Å². The van der Waals surface area contributed by atoms with Crippen molar-refractivity contribution in [1.82, 2.24) is 9.88 Å². The Morgan fingerprint density at radius 2 is 2.25 bits per heavy atom. The molecule has 0 amide bonds. The molecule has 1 aliphatic rings. The van der Waals surface area contributed by atoms with Gasteiger partial charge in [-0.25, -0.2) is 4.98 Å². The highest BCUT2D eigenvalue weighted by Crippen LogP contribution is 2.34. The Kier molecular flexibility index (Phi) is 5.71. The second kappa shape index (κ2) is 7.96. The summed E-state index contributed by atoms with van der Waals surface area (Å²) < 4.78 is 11.0. The van der Waals surface area contributed by atoms with Crippen LogP contribution in [-0.2, 0) is 6.54 Å². The predicted octanol–water partition coefficient (Wildman–Crippen LogP) is 3.17. The number of hydrogen-bond donors (Lipinski definition) is 1. The van der Waals surface area contributed by atoms with Crippen LogP contribution in [-0.4, -0.2) is 47.9 Å². The van der Waals surface area contributed by atoms with Gasteiger partial charge in [-0.05, 0) is 44.5 Å². The van der Waals surface area contributed by atoms with Crippen LogP contribution < -0.4 is 9.47 Å². The van der Waals surface area contributed by atoms with Gasteiger partial charge < -0.3 is 14.6 Å². The Morgan fingerprint density at radius 1 is 1.38 bits per heavy atom. The van der Waals surface area contributed by atoms with Gasteiger partial charge in [0, 0.05) is 23.5 Å². The van der Waals surface area contributed by atoms with Crippen molar-refractivity contribution in [1.29, 1.82) is 0 Å². The molecule has 1 saturated heterocycles. The molecule has 1 aromatic carbocycles. The molecule has 6 heteroatoms. The lowest BCUT2D eigenvalue weighted by Crippen LogP contribution is -2.31. The zero-order valence-corrected chi connectivity index (χ0v) is 15.0. The van der Waals surface area contributed by atoms with Crippen molar-refractivity contribution in [2.75, 3.05) is 26.9 Å². The molecule has 3 rings (SSSR count). The first-order chi connectivity index (χ1) is 11.7. The van der Waals surface area contributed by atoms with Crippen LogP contribution >= 0.6 is 11.3 Å². The van der Waals surface area contributed by atoms with E-state index >= 15 is 0 Å². The molecular weight excluding hydrogens is 324 g/mol. The van der Waals surface area contributed by atoms with Gasteiger partial charge in [0.15, 0.2) is 11.5 Å². The van der Waals surface area contributed by atoms with E-state index < -0.39 is 0 Å². The molecule has 0 spiro atoms. The summed E-state index contributed by atoms with van der Waals surface area (Å²) in [4.78, 5) is 7.08. The molecule has 1 aliphatic heterocycles. The number of aliphatic hydroxyl groups excluding tert-OH is 1. The van der Waals surface area contributed by atoms with Gasteiger partial charge in [0.1, 0.15) is 5.01 Å². The Hall–Kier alpha value is -1.63. The molecule has 2 heterocycles. The van der Waals surface area contributed by atoms with Crippen molar-refractivity contribution >= 4 is 11.3 Å². The van der Waals surface area contributed by atoms with Crippen molar-refractivity contribution in [3.8, 4) is 22.1 Å². The van der Waals surface area contributed by atoms with E-state index in [2.05, 4.69) is 10.3 Å². The van der Waals surface area contributed by atoms with Crippen LogP contribution in [0.15, 0.2) is 23.6 Å². The van der Waals surface area contributed by atoms with Gasteiger partial charge in [-0.3, -0.25) is 4.90 Å². The summed E-state index contributed by atoms with van der Waals surface area (Å²) >= 11 is 1.64. The number of methoxy groups -OCH3 is 1. The maximum absolute atomic E-state index is 9.44. The van der Waals surface area contributed by atoms with E-state index in [0.29, 0.717) is 6.61 Å². The number of aliphatic hydroxyl groups is 1. The van der Waals surface area contributed by atoms with Crippen molar-refractivity contribution in [2.24, 2.45) is 0 Å². The van der Waals surface area contributed by atoms with Crippen molar-refractivity contribution < 1.29 is 14.6 Å². The van der Waals surface area contributed by atoms with Crippen LogP contribution in [0.5, 0.6) is 11.5 Å². The lowest BCUT2D eigenvalue weighted by Gasteiger charge is -2.21. The summed E-state index contributed by atoms with van der Waals surface area (Å²) in [6, 6.07) is 6.20. The van der Waals surface area contributed by atoms with Gasteiger partial charge in [-0.1, -0.05) is 0 Å². The fourth-order valence-corrected chi connectivity index (χ4v) is 3.91. The Labute approximate surface area is 146 Å². The summed E-state index contributed by atoms with van der Waals surface area (Å²) in [7, 11) is 1.65. The molecule has 0 aliphatic carbocycles. The number of benzene rings is 1. The van der Waals surface area contributed by atoms with E-state index in [1.165, 1.54) is 0 Å². The highest BCUT2D eigenvalue weighted by Gasteiger charge is 2.24. The van der Waals surface area contributed by atoms with Gasteiger partial charge in [0.2, 0.25) is 0 Å². The topological polar surface area (TPSA) is 54.8 Å². The van der Waals surface area contributed by atoms with E-state index in [-0.39, 0.29) is 12.6 Å². The highest BCUT2D eigenvalue weighted by atomic mass is 32.1. The summed E-state index contributed by atoms with van der Waals surface area (Å²) in [5.74, 6) is 1.48. The van der Waals surface area contributed by atoms with Gasteiger partial charge >= 0.3 is 0 Å². The summed E-state index contributed by atoms with van der Waals surface area (Å²) in [6.45, 7) is 4.63. The summed E-state index contributed by atoms with van der Waals surface area (Å²) in [5.41, 5.74) is 2.09. The van der Waals surface area contributed by atoms with E-state index in [4.69, 9.17) is 14.5 Å². The first-order valence-corrected chi connectivity index (χ1v) is 9.23. The number of likely N-dealkylation sites (tertiary alicyclic amines) is 1. The molecule has 1 N–H and O–H groups in total. The van der Waals surface area contributed by atoms with Gasteiger partial charge in [-0.15, -0.1) is 11.3 Å². The molecule has 0 saturated carbocycles. The minimum atomic E-state index is 0.229. The van der Waals surface area contributed by atoms with Crippen LogP contribution in [0.25, 0.3) is 10.6 Å². The smallest absolute Gasteiger partial charge is 0.161 e. The summed E-state index contributed by atoms with van der Waals surface area (Å²) in [5, 5.41) is 12.5. The number of rotatable bonds is 7. The molecule has 1 unspecified atom stereocenters. The molecule has 5 nitrogen and oxygen atoms in total. The number of thiazole rings is 1. The zero-order valence-electron chi connectivity index (χ0n) is 14.2.